The molecule has 1 heterocycles. The predicted octanol–water partition coefficient (Wildman–Crippen LogP) is 6.59. The summed E-state index contributed by atoms with van der Waals surface area (Å²) in [6, 6.07) is 19.9. The molecule has 1 aromatic heterocycles. The van der Waals surface area contributed by atoms with Crippen LogP contribution in [0.2, 0.25) is 5.02 Å². The standard InChI is InChI=1S/C23H20ClN3OS/c1-15-16(2)29-23(26-15)27-25-13-20-19-9-5-3-7-17(19)11-12-22(20)28-14-18-8-4-6-10-21(18)24/h3-13H,14H2,1-2H3,(H,26,27)/b25-13-. The Balaban J connectivity index is 1.63. The minimum Gasteiger partial charge on any atom is -0.488 e. The maximum Gasteiger partial charge on any atom is 0.203 e. The number of hydrazone groups is 1. The maximum absolute atomic E-state index is 6.27. The first-order valence-corrected chi connectivity index (χ1v) is 10.4. The second-order valence-corrected chi connectivity index (χ2v) is 8.22. The van der Waals surface area contributed by atoms with E-state index in [4.69, 9.17) is 16.3 Å². The van der Waals surface area contributed by atoms with Gasteiger partial charge in [-0.3, -0.25) is 5.43 Å². The molecule has 0 saturated heterocycles. The van der Waals surface area contributed by atoms with Crippen LogP contribution in [0.3, 0.4) is 0 Å². The van der Waals surface area contributed by atoms with Gasteiger partial charge in [-0.25, -0.2) is 4.98 Å². The largest absolute Gasteiger partial charge is 0.488 e. The number of aryl methyl sites for hydroxylation is 2. The van der Waals surface area contributed by atoms with Gasteiger partial charge in [0.1, 0.15) is 12.4 Å². The van der Waals surface area contributed by atoms with Crippen molar-refractivity contribution in [1.82, 2.24) is 4.98 Å². The van der Waals surface area contributed by atoms with Crippen LogP contribution in [0.1, 0.15) is 21.7 Å². The monoisotopic (exact) mass is 421 g/mol. The summed E-state index contributed by atoms with van der Waals surface area (Å²) in [4.78, 5) is 5.64. The Morgan fingerprint density at radius 2 is 1.86 bits per heavy atom. The smallest absolute Gasteiger partial charge is 0.203 e. The van der Waals surface area contributed by atoms with E-state index in [0.29, 0.717) is 11.6 Å². The molecule has 4 aromatic rings. The molecular formula is C23H20ClN3OS. The van der Waals surface area contributed by atoms with Crippen molar-refractivity contribution in [2.45, 2.75) is 20.5 Å². The number of benzene rings is 3. The zero-order valence-corrected chi connectivity index (χ0v) is 17.7. The Morgan fingerprint density at radius 1 is 1.07 bits per heavy atom. The van der Waals surface area contributed by atoms with Crippen molar-refractivity contribution in [3.8, 4) is 5.75 Å². The molecule has 4 nitrogen and oxygen atoms in total. The van der Waals surface area contributed by atoms with Crippen molar-refractivity contribution >= 4 is 45.1 Å². The molecule has 1 N–H and O–H groups in total. The number of fused-ring (bicyclic) bond motifs is 1. The third-order valence-electron chi connectivity index (χ3n) is 4.65. The van der Waals surface area contributed by atoms with Gasteiger partial charge in [0.15, 0.2) is 0 Å². The molecule has 0 unspecified atom stereocenters. The molecule has 0 spiro atoms. The summed E-state index contributed by atoms with van der Waals surface area (Å²) in [5, 5.41) is 8.08. The zero-order chi connectivity index (χ0) is 20.2. The Morgan fingerprint density at radius 3 is 2.66 bits per heavy atom. The van der Waals surface area contributed by atoms with E-state index >= 15 is 0 Å². The first-order chi connectivity index (χ1) is 14.1. The molecular weight excluding hydrogens is 402 g/mol. The third kappa shape index (κ3) is 4.42. The Labute approximate surface area is 178 Å². The van der Waals surface area contributed by atoms with E-state index in [9.17, 15) is 0 Å². The van der Waals surface area contributed by atoms with Gasteiger partial charge in [-0.05, 0) is 36.8 Å². The van der Waals surface area contributed by atoms with Crippen LogP contribution in [-0.2, 0) is 6.61 Å². The van der Waals surface area contributed by atoms with Crippen molar-refractivity contribution < 1.29 is 4.74 Å². The highest BCUT2D eigenvalue weighted by Gasteiger charge is 2.09. The fraction of sp³-hybridized carbons (Fsp3) is 0.130. The fourth-order valence-electron chi connectivity index (χ4n) is 2.98. The van der Waals surface area contributed by atoms with E-state index in [1.165, 1.54) is 4.88 Å². The van der Waals surface area contributed by atoms with Gasteiger partial charge >= 0.3 is 0 Å². The van der Waals surface area contributed by atoms with E-state index in [1.807, 2.05) is 56.3 Å². The van der Waals surface area contributed by atoms with E-state index in [1.54, 1.807) is 17.6 Å². The van der Waals surface area contributed by atoms with Gasteiger partial charge in [-0.15, -0.1) is 11.3 Å². The summed E-state index contributed by atoms with van der Waals surface area (Å²) in [6.45, 7) is 4.43. The van der Waals surface area contributed by atoms with Gasteiger partial charge in [-0.1, -0.05) is 60.1 Å². The van der Waals surface area contributed by atoms with Crippen LogP contribution in [0.5, 0.6) is 5.75 Å². The lowest BCUT2D eigenvalue weighted by molar-refractivity contribution is 0.306. The average Bonchev–Trinajstić information content (AvgIpc) is 3.05. The first kappa shape index (κ1) is 19.4. The summed E-state index contributed by atoms with van der Waals surface area (Å²) >= 11 is 7.85. The van der Waals surface area contributed by atoms with E-state index in [0.717, 1.165) is 38.5 Å². The minimum absolute atomic E-state index is 0.386. The SMILES string of the molecule is Cc1nc(N/N=C\c2c(OCc3ccccc3Cl)ccc3ccccc23)sc1C. The van der Waals surface area contributed by atoms with Gasteiger partial charge in [0.2, 0.25) is 5.13 Å². The quantitative estimate of drug-likeness (QED) is 0.282. The molecule has 29 heavy (non-hydrogen) atoms. The lowest BCUT2D eigenvalue weighted by atomic mass is 10.0. The molecule has 0 amide bonds. The van der Waals surface area contributed by atoms with Crippen LogP contribution in [0.15, 0.2) is 65.8 Å². The number of thiazole rings is 1. The second-order valence-electron chi connectivity index (χ2n) is 6.61. The number of aromatic nitrogens is 1. The molecule has 0 aliphatic heterocycles. The number of halogens is 1. The number of nitrogens with zero attached hydrogens (tertiary/aromatic N) is 2. The molecule has 146 valence electrons. The minimum atomic E-state index is 0.386. The van der Waals surface area contributed by atoms with Crippen LogP contribution in [-0.4, -0.2) is 11.2 Å². The number of anilines is 1. The highest BCUT2D eigenvalue weighted by Crippen LogP contribution is 2.28. The molecule has 0 aliphatic rings. The van der Waals surface area contributed by atoms with Crippen molar-refractivity contribution in [3.05, 3.63) is 87.4 Å². The second kappa shape index (κ2) is 8.64. The molecule has 0 fully saturated rings. The Bertz CT molecular complexity index is 1170. The van der Waals surface area contributed by atoms with Crippen molar-refractivity contribution in [1.29, 1.82) is 0 Å². The molecule has 4 rings (SSSR count). The molecule has 0 bridgehead atoms. The van der Waals surface area contributed by atoms with Gasteiger partial charge in [0.25, 0.3) is 0 Å². The molecule has 0 atom stereocenters. The van der Waals surface area contributed by atoms with Gasteiger partial charge in [-0.2, -0.15) is 5.10 Å². The number of rotatable bonds is 6. The number of hydrogen-bond donors (Lipinski definition) is 1. The van der Waals surface area contributed by atoms with Crippen LogP contribution in [0.4, 0.5) is 5.13 Å². The Kier molecular flexibility index (Phi) is 5.79. The van der Waals surface area contributed by atoms with Crippen LogP contribution < -0.4 is 10.2 Å². The van der Waals surface area contributed by atoms with Gasteiger partial charge < -0.3 is 4.74 Å². The third-order valence-corrected chi connectivity index (χ3v) is 6.00. The highest BCUT2D eigenvalue weighted by atomic mass is 35.5. The summed E-state index contributed by atoms with van der Waals surface area (Å²) < 4.78 is 6.12. The highest BCUT2D eigenvalue weighted by molar-refractivity contribution is 7.15. The van der Waals surface area contributed by atoms with Crippen LogP contribution in [0, 0.1) is 13.8 Å². The van der Waals surface area contributed by atoms with E-state index < -0.39 is 0 Å². The molecule has 3 aromatic carbocycles. The summed E-state index contributed by atoms with van der Waals surface area (Å²) in [5.41, 5.74) is 5.90. The van der Waals surface area contributed by atoms with Crippen LogP contribution >= 0.6 is 22.9 Å². The Hall–Kier alpha value is -2.89. The van der Waals surface area contributed by atoms with Crippen molar-refractivity contribution in [2.75, 3.05) is 5.43 Å². The zero-order valence-electron chi connectivity index (χ0n) is 16.1. The number of hydrogen-bond acceptors (Lipinski definition) is 5. The van der Waals surface area contributed by atoms with E-state index in [-0.39, 0.29) is 0 Å². The first-order valence-electron chi connectivity index (χ1n) is 9.23. The average molecular weight is 422 g/mol. The number of ether oxygens (including phenoxy) is 1. The maximum atomic E-state index is 6.27. The van der Waals surface area contributed by atoms with Gasteiger partial charge in [0, 0.05) is 21.0 Å². The number of nitrogens with one attached hydrogen (secondary N) is 1. The lowest BCUT2D eigenvalue weighted by Gasteiger charge is -2.12. The predicted molar refractivity (Wildman–Crippen MR) is 123 cm³/mol. The lowest BCUT2D eigenvalue weighted by Crippen LogP contribution is -2.00. The van der Waals surface area contributed by atoms with Gasteiger partial charge in [0.05, 0.1) is 11.9 Å². The van der Waals surface area contributed by atoms with E-state index in [2.05, 4.69) is 33.7 Å². The fourth-order valence-corrected chi connectivity index (χ4v) is 3.93. The molecule has 6 heteroatoms. The molecule has 0 radical (unpaired) electrons. The normalized spacial score (nSPS) is 11.3. The summed E-state index contributed by atoms with van der Waals surface area (Å²) in [7, 11) is 0. The van der Waals surface area contributed by atoms with Crippen molar-refractivity contribution in [3.63, 3.8) is 0 Å². The summed E-state index contributed by atoms with van der Waals surface area (Å²) in [6.07, 6.45) is 1.79. The molecule has 0 saturated carbocycles. The molecule has 0 aliphatic carbocycles. The summed E-state index contributed by atoms with van der Waals surface area (Å²) in [5.74, 6) is 0.751. The van der Waals surface area contributed by atoms with Crippen molar-refractivity contribution in [2.24, 2.45) is 5.10 Å². The topological polar surface area (TPSA) is 46.5 Å². The van der Waals surface area contributed by atoms with Crippen LogP contribution in [0.25, 0.3) is 10.8 Å².